The molecule has 1 aromatic rings. The summed E-state index contributed by atoms with van der Waals surface area (Å²) >= 11 is 7.86. The molecule has 4 heteroatoms. The van der Waals surface area contributed by atoms with Crippen LogP contribution in [0.5, 0.6) is 0 Å². The van der Waals surface area contributed by atoms with E-state index in [1.165, 1.54) is 0 Å². The van der Waals surface area contributed by atoms with Gasteiger partial charge in [-0.15, -0.1) is 11.6 Å². The van der Waals surface area contributed by atoms with Gasteiger partial charge in [0.25, 0.3) is 5.91 Å². The molecular weight excluding hydrogens is 324 g/mol. The Bertz CT molecular complexity index is 326. The van der Waals surface area contributed by atoms with Crippen LogP contribution in [0.4, 0.5) is 0 Å². The highest BCUT2D eigenvalue weighted by Crippen LogP contribution is 2.06. The SMILES string of the molecule is CC(CCl)CNC(=O)c1ccc(I)cc1. The minimum Gasteiger partial charge on any atom is -0.352 e. The standard InChI is InChI=1S/C11H13ClINO/c1-8(6-12)7-14-11(15)9-2-4-10(13)5-3-9/h2-5,8H,6-7H2,1H3,(H,14,15). The maximum atomic E-state index is 11.6. The van der Waals surface area contributed by atoms with E-state index in [0.29, 0.717) is 23.9 Å². The molecule has 2 nitrogen and oxygen atoms in total. The van der Waals surface area contributed by atoms with Gasteiger partial charge in [0.1, 0.15) is 0 Å². The predicted octanol–water partition coefficient (Wildman–Crippen LogP) is 2.90. The Kier molecular flexibility index (Phi) is 5.39. The van der Waals surface area contributed by atoms with Crippen LogP contribution in [0.2, 0.25) is 0 Å². The summed E-state index contributed by atoms with van der Waals surface area (Å²) in [5, 5.41) is 2.84. The van der Waals surface area contributed by atoms with Crippen molar-refractivity contribution in [3.05, 3.63) is 33.4 Å². The monoisotopic (exact) mass is 337 g/mol. The second kappa shape index (κ2) is 6.33. The van der Waals surface area contributed by atoms with Crippen LogP contribution in [0.3, 0.4) is 0 Å². The number of alkyl halides is 1. The van der Waals surface area contributed by atoms with E-state index < -0.39 is 0 Å². The fourth-order valence-corrected chi connectivity index (χ4v) is 1.49. The maximum absolute atomic E-state index is 11.6. The number of rotatable bonds is 4. The molecule has 1 N–H and O–H groups in total. The van der Waals surface area contributed by atoms with Gasteiger partial charge in [-0.2, -0.15) is 0 Å². The molecule has 15 heavy (non-hydrogen) atoms. The Morgan fingerprint density at radius 3 is 2.60 bits per heavy atom. The number of carbonyl (C=O) groups is 1. The lowest BCUT2D eigenvalue weighted by Crippen LogP contribution is -2.28. The summed E-state index contributed by atoms with van der Waals surface area (Å²) in [6, 6.07) is 7.48. The molecule has 1 rings (SSSR count). The topological polar surface area (TPSA) is 29.1 Å². The van der Waals surface area contributed by atoms with Crippen molar-refractivity contribution in [2.75, 3.05) is 12.4 Å². The Labute approximate surface area is 109 Å². The lowest BCUT2D eigenvalue weighted by molar-refractivity contribution is 0.0949. The first-order valence-corrected chi connectivity index (χ1v) is 6.34. The molecule has 82 valence electrons. The molecule has 1 aromatic carbocycles. The molecule has 0 saturated carbocycles. The summed E-state index contributed by atoms with van der Waals surface area (Å²) in [6.45, 7) is 2.62. The largest absolute Gasteiger partial charge is 0.352 e. The summed E-state index contributed by atoms with van der Waals surface area (Å²) < 4.78 is 1.12. The Balaban J connectivity index is 2.50. The first-order valence-electron chi connectivity index (χ1n) is 4.73. The van der Waals surface area contributed by atoms with Gasteiger partial charge in [-0.05, 0) is 52.8 Å². The summed E-state index contributed by atoms with van der Waals surface area (Å²) in [7, 11) is 0. The number of amides is 1. The Morgan fingerprint density at radius 1 is 1.47 bits per heavy atom. The van der Waals surface area contributed by atoms with E-state index >= 15 is 0 Å². The van der Waals surface area contributed by atoms with Crippen molar-refractivity contribution in [3.8, 4) is 0 Å². The normalized spacial score (nSPS) is 12.2. The summed E-state index contributed by atoms with van der Waals surface area (Å²) in [6.07, 6.45) is 0. The van der Waals surface area contributed by atoms with Gasteiger partial charge in [0, 0.05) is 21.6 Å². The van der Waals surface area contributed by atoms with Crippen LogP contribution in [-0.2, 0) is 0 Å². The number of halogens is 2. The molecule has 0 saturated heterocycles. The third kappa shape index (κ3) is 4.38. The highest BCUT2D eigenvalue weighted by Gasteiger charge is 2.06. The molecule has 0 aliphatic carbocycles. The van der Waals surface area contributed by atoms with Crippen molar-refractivity contribution in [1.29, 1.82) is 0 Å². The lowest BCUT2D eigenvalue weighted by Gasteiger charge is -2.09. The van der Waals surface area contributed by atoms with Crippen LogP contribution in [0.1, 0.15) is 17.3 Å². The second-order valence-corrected chi connectivity index (χ2v) is 5.03. The van der Waals surface area contributed by atoms with Crippen molar-refractivity contribution in [3.63, 3.8) is 0 Å². The van der Waals surface area contributed by atoms with Crippen LogP contribution >= 0.6 is 34.2 Å². The van der Waals surface area contributed by atoms with Gasteiger partial charge in [0.15, 0.2) is 0 Å². The van der Waals surface area contributed by atoms with Crippen molar-refractivity contribution in [2.24, 2.45) is 5.92 Å². The molecule has 0 heterocycles. The molecule has 0 aromatic heterocycles. The van der Waals surface area contributed by atoms with Crippen LogP contribution < -0.4 is 5.32 Å². The van der Waals surface area contributed by atoms with E-state index in [2.05, 4.69) is 27.9 Å². The zero-order valence-electron chi connectivity index (χ0n) is 8.47. The van der Waals surface area contributed by atoms with Crippen molar-refractivity contribution >= 4 is 40.1 Å². The third-order valence-electron chi connectivity index (χ3n) is 1.98. The van der Waals surface area contributed by atoms with E-state index in [9.17, 15) is 4.79 Å². The molecule has 0 bridgehead atoms. The van der Waals surface area contributed by atoms with Gasteiger partial charge in [0.2, 0.25) is 0 Å². The quantitative estimate of drug-likeness (QED) is 0.664. The van der Waals surface area contributed by atoms with Crippen LogP contribution in [0.15, 0.2) is 24.3 Å². The highest BCUT2D eigenvalue weighted by atomic mass is 127. The first-order chi connectivity index (χ1) is 7.13. The molecule has 0 radical (unpaired) electrons. The first kappa shape index (κ1) is 12.8. The van der Waals surface area contributed by atoms with Gasteiger partial charge in [-0.25, -0.2) is 0 Å². The predicted molar refractivity (Wildman–Crippen MR) is 71.4 cm³/mol. The minimum atomic E-state index is -0.0385. The van der Waals surface area contributed by atoms with E-state index in [1.54, 1.807) is 0 Å². The minimum absolute atomic E-state index is 0.0385. The van der Waals surface area contributed by atoms with Gasteiger partial charge in [-0.1, -0.05) is 6.92 Å². The molecule has 0 aliphatic heterocycles. The highest BCUT2D eigenvalue weighted by molar-refractivity contribution is 14.1. The van der Waals surface area contributed by atoms with Crippen LogP contribution in [-0.4, -0.2) is 18.3 Å². The van der Waals surface area contributed by atoms with Crippen molar-refractivity contribution in [2.45, 2.75) is 6.92 Å². The molecule has 0 spiro atoms. The number of hydrogen-bond acceptors (Lipinski definition) is 1. The molecular formula is C11H13ClINO. The van der Waals surface area contributed by atoms with Gasteiger partial charge in [-0.3, -0.25) is 4.79 Å². The summed E-state index contributed by atoms with van der Waals surface area (Å²) in [5.41, 5.74) is 0.692. The van der Waals surface area contributed by atoms with E-state index in [0.717, 1.165) is 3.57 Å². The summed E-state index contributed by atoms with van der Waals surface area (Å²) in [5.74, 6) is 0.829. The second-order valence-electron chi connectivity index (χ2n) is 3.48. The fourth-order valence-electron chi connectivity index (χ4n) is 1.02. The average Bonchev–Trinajstić information content (AvgIpc) is 2.26. The number of nitrogens with one attached hydrogen (secondary N) is 1. The van der Waals surface area contributed by atoms with Crippen molar-refractivity contribution < 1.29 is 4.79 Å². The number of carbonyl (C=O) groups excluding carboxylic acids is 1. The third-order valence-corrected chi connectivity index (χ3v) is 3.23. The zero-order chi connectivity index (χ0) is 11.3. The van der Waals surface area contributed by atoms with Crippen LogP contribution in [0.25, 0.3) is 0 Å². The number of hydrogen-bond donors (Lipinski definition) is 1. The molecule has 1 unspecified atom stereocenters. The zero-order valence-corrected chi connectivity index (χ0v) is 11.4. The Morgan fingerprint density at radius 2 is 2.07 bits per heavy atom. The lowest BCUT2D eigenvalue weighted by atomic mass is 10.2. The van der Waals surface area contributed by atoms with Gasteiger partial charge in [0.05, 0.1) is 0 Å². The fraction of sp³-hybridized carbons (Fsp3) is 0.364. The van der Waals surface area contributed by atoms with Crippen molar-refractivity contribution in [1.82, 2.24) is 5.32 Å². The summed E-state index contributed by atoms with van der Waals surface area (Å²) in [4.78, 5) is 11.6. The molecule has 0 fully saturated rings. The van der Waals surface area contributed by atoms with E-state index in [1.807, 2.05) is 31.2 Å². The molecule has 1 atom stereocenters. The number of benzene rings is 1. The average molecular weight is 338 g/mol. The van der Waals surface area contributed by atoms with E-state index in [-0.39, 0.29) is 5.91 Å². The van der Waals surface area contributed by atoms with Gasteiger partial charge < -0.3 is 5.32 Å². The Hall–Kier alpha value is -0.290. The van der Waals surface area contributed by atoms with Gasteiger partial charge >= 0.3 is 0 Å². The van der Waals surface area contributed by atoms with E-state index in [4.69, 9.17) is 11.6 Å². The molecule has 1 amide bonds. The molecule has 0 aliphatic rings. The maximum Gasteiger partial charge on any atom is 0.251 e. The van der Waals surface area contributed by atoms with Crippen LogP contribution in [0, 0.1) is 9.49 Å². The smallest absolute Gasteiger partial charge is 0.251 e.